The number of benzene rings is 1. The maximum atomic E-state index is 12.1. The fourth-order valence-electron chi connectivity index (χ4n) is 1.68. The first-order chi connectivity index (χ1) is 9.99. The predicted molar refractivity (Wildman–Crippen MR) is 85.2 cm³/mol. The van der Waals surface area contributed by atoms with E-state index in [9.17, 15) is 8.42 Å². The van der Waals surface area contributed by atoms with Crippen LogP contribution < -0.4 is 14.8 Å². The normalized spacial score (nSPS) is 13.1. The van der Waals surface area contributed by atoms with E-state index >= 15 is 0 Å². The predicted octanol–water partition coefficient (Wildman–Crippen LogP) is 2.14. The van der Waals surface area contributed by atoms with Gasteiger partial charge in [0, 0.05) is 12.6 Å². The van der Waals surface area contributed by atoms with Gasteiger partial charge in [0.05, 0.1) is 11.5 Å². The molecule has 0 heterocycles. The van der Waals surface area contributed by atoms with Gasteiger partial charge in [0.2, 0.25) is 10.0 Å². The van der Waals surface area contributed by atoms with Gasteiger partial charge in [-0.25, -0.2) is 13.1 Å². The molecule has 1 rings (SSSR count). The third-order valence-electron chi connectivity index (χ3n) is 3.22. The fourth-order valence-corrected chi connectivity index (χ4v) is 2.81. The van der Waals surface area contributed by atoms with E-state index in [1.807, 2.05) is 6.92 Å². The highest BCUT2D eigenvalue weighted by Gasteiger charge is 2.14. The Morgan fingerprint density at radius 2 is 1.86 bits per heavy atom. The highest BCUT2D eigenvalue weighted by atomic mass is 32.2. The topological polar surface area (TPSA) is 67.4 Å². The Morgan fingerprint density at radius 1 is 1.19 bits per heavy atom. The summed E-state index contributed by atoms with van der Waals surface area (Å²) in [5.74, 6) is 0.702. The van der Waals surface area contributed by atoms with Crippen molar-refractivity contribution in [2.45, 2.75) is 44.0 Å². The first-order valence-electron chi connectivity index (χ1n) is 7.39. The summed E-state index contributed by atoms with van der Waals surface area (Å²) in [4.78, 5) is 0.256. The molecule has 0 aliphatic rings. The molecule has 0 spiro atoms. The van der Waals surface area contributed by atoms with E-state index in [2.05, 4.69) is 17.0 Å². The van der Waals surface area contributed by atoms with Gasteiger partial charge < -0.3 is 10.1 Å². The van der Waals surface area contributed by atoms with Crippen molar-refractivity contribution in [3.05, 3.63) is 24.3 Å². The van der Waals surface area contributed by atoms with Crippen molar-refractivity contribution in [1.29, 1.82) is 0 Å². The number of nitrogens with one attached hydrogen (secondary N) is 2. The van der Waals surface area contributed by atoms with E-state index in [0.29, 0.717) is 18.9 Å². The molecule has 0 fully saturated rings. The second-order valence-corrected chi connectivity index (χ2v) is 6.84. The largest absolute Gasteiger partial charge is 0.494 e. The van der Waals surface area contributed by atoms with Crippen LogP contribution in [0.5, 0.6) is 5.75 Å². The van der Waals surface area contributed by atoms with Crippen LogP contribution in [0.3, 0.4) is 0 Å². The molecule has 1 aromatic rings. The highest BCUT2D eigenvalue weighted by molar-refractivity contribution is 7.89. The lowest BCUT2D eigenvalue weighted by Crippen LogP contribution is -2.37. The minimum atomic E-state index is -3.46. The molecule has 0 aliphatic carbocycles. The Bertz CT molecular complexity index is 500. The van der Waals surface area contributed by atoms with E-state index in [1.165, 1.54) is 0 Å². The lowest BCUT2D eigenvalue weighted by molar-refractivity contribution is 0.306. The number of unbranched alkanes of at least 4 members (excludes halogenated alkanes) is 2. The molecule has 0 saturated carbocycles. The van der Waals surface area contributed by atoms with E-state index < -0.39 is 10.0 Å². The molecular weight excluding hydrogens is 288 g/mol. The van der Waals surface area contributed by atoms with Crippen LogP contribution in [-0.4, -0.2) is 34.7 Å². The maximum absolute atomic E-state index is 12.1. The number of ether oxygens (including phenoxy) is 1. The van der Waals surface area contributed by atoms with E-state index in [1.54, 1.807) is 31.3 Å². The molecule has 1 aromatic carbocycles. The Morgan fingerprint density at radius 3 is 2.43 bits per heavy atom. The molecule has 0 bridgehead atoms. The minimum absolute atomic E-state index is 0.0842. The van der Waals surface area contributed by atoms with Crippen molar-refractivity contribution in [3.63, 3.8) is 0 Å². The molecule has 2 N–H and O–H groups in total. The summed E-state index contributed by atoms with van der Waals surface area (Å²) < 4.78 is 32.3. The quantitative estimate of drug-likeness (QED) is 0.649. The smallest absolute Gasteiger partial charge is 0.240 e. The molecule has 120 valence electrons. The van der Waals surface area contributed by atoms with Crippen molar-refractivity contribution in [2.24, 2.45) is 0 Å². The molecule has 1 unspecified atom stereocenters. The molecule has 5 nitrogen and oxygen atoms in total. The Kier molecular flexibility index (Phi) is 7.71. The molecule has 0 aliphatic heterocycles. The van der Waals surface area contributed by atoms with Crippen LogP contribution in [0.1, 0.15) is 33.1 Å². The average Bonchev–Trinajstić information content (AvgIpc) is 2.50. The zero-order valence-corrected chi connectivity index (χ0v) is 13.9. The van der Waals surface area contributed by atoms with Crippen molar-refractivity contribution in [3.8, 4) is 5.75 Å². The van der Waals surface area contributed by atoms with Gasteiger partial charge in [-0.05, 0) is 44.7 Å². The number of rotatable bonds is 10. The van der Waals surface area contributed by atoms with E-state index in [0.717, 1.165) is 19.3 Å². The van der Waals surface area contributed by atoms with Crippen LogP contribution in [0.25, 0.3) is 0 Å². The Balaban J connectivity index is 2.56. The van der Waals surface area contributed by atoms with Gasteiger partial charge in [-0.1, -0.05) is 19.8 Å². The first-order valence-corrected chi connectivity index (χ1v) is 8.87. The van der Waals surface area contributed by atoms with Crippen LogP contribution in [0, 0.1) is 0 Å². The number of hydrogen-bond donors (Lipinski definition) is 2. The van der Waals surface area contributed by atoms with Gasteiger partial charge >= 0.3 is 0 Å². The average molecular weight is 314 g/mol. The molecule has 6 heteroatoms. The standard InChI is InChI=1S/C15H26N2O3S/c1-4-5-6-11-20-14-7-9-15(10-8-14)21(18,19)17-12-13(2)16-3/h7-10,13,16-17H,4-6,11-12H2,1-3H3. The highest BCUT2D eigenvalue weighted by Crippen LogP contribution is 2.16. The molecule has 0 aromatic heterocycles. The SMILES string of the molecule is CCCCCOc1ccc(S(=O)(=O)NCC(C)NC)cc1. The van der Waals surface area contributed by atoms with Crippen molar-refractivity contribution >= 4 is 10.0 Å². The number of hydrogen-bond acceptors (Lipinski definition) is 4. The summed E-state index contributed by atoms with van der Waals surface area (Å²) in [6.07, 6.45) is 3.30. The summed E-state index contributed by atoms with van der Waals surface area (Å²) in [5, 5.41) is 2.98. The summed E-state index contributed by atoms with van der Waals surface area (Å²) in [5.41, 5.74) is 0. The zero-order chi connectivity index (χ0) is 15.7. The minimum Gasteiger partial charge on any atom is -0.494 e. The molecule has 21 heavy (non-hydrogen) atoms. The van der Waals surface area contributed by atoms with Crippen LogP contribution in [0.2, 0.25) is 0 Å². The van der Waals surface area contributed by atoms with Gasteiger partial charge in [0.25, 0.3) is 0 Å². The zero-order valence-electron chi connectivity index (χ0n) is 13.1. The summed E-state index contributed by atoms with van der Waals surface area (Å²) >= 11 is 0. The van der Waals surface area contributed by atoms with Gasteiger partial charge in [-0.2, -0.15) is 0 Å². The third kappa shape index (κ3) is 6.46. The van der Waals surface area contributed by atoms with E-state index in [-0.39, 0.29) is 10.9 Å². The second kappa shape index (κ2) is 9.02. The van der Waals surface area contributed by atoms with E-state index in [4.69, 9.17) is 4.74 Å². The van der Waals surface area contributed by atoms with Crippen molar-refractivity contribution in [2.75, 3.05) is 20.2 Å². The Labute approximate surface area is 128 Å². The Hall–Kier alpha value is -1.11. The van der Waals surface area contributed by atoms with Gasteiger partial charge in [-0.3, -0.25) is 0 Å². The number of likely N-dealkylation sites (N-methyl/N-ethyl adjacent to an activating group) is 1. The van der Waals surface area contributed by atoms with Gasteiger partial charge in [-0.15, -0.1) is 0 Å². The second-order valence-electron chi connectivity index (χ2n) is 5.07. The van der Waals surface area contributed by atoms with Crippen LogP contribution in [-0.2, 0) is 10.0 Å². The van der Waals surface area contributed by atoms with Crippen molar-refractivity contribution < 1.29 is 13.2 Å². The molecular formula is C15H26N2O3S. The monoisotopic (exact) mass is 314 g/mol. The first kappa shape index (κ1) is 17.9. The molecule has 0 saturated heterocycles. The van der Waals surface area contributed by atoms with Crippen LogP contribution >= 0.6 is 0 Å². The van der Waals surface area contributed by atoms with Crippen molar-refractivity contribution in [1.82, 2.24) is 10.0 Å². The molecule has 0 amide bonds. The lowest BCUT2D eigenvalue weighted by Gasteiger charge is -2.12. The van der Waals surface area contributed by atoms with Gasteiger partial charge in [0.15, 0.2) is 0 Å². The summed E-state index contributed by atoms with van der Waals surface area (Å²) in [7, 11) is -1.66. The van der Waals surface area contributed by atoms with Crippen LogP contribution in [0.4, 0.5) is 0 Å². The number of sulfonamides is 1. The lowest BCUT2D eigenvalue weighted by atomic mass is 10.3. The maximum Gasteiger partial charge on any atom is 0.240 e. The summed E-state index contributed by atoms with van der Waals surface area (Å²) in [6, 6.07) is 6.62. The van der Waals surface area contributed by atoms with Crippen LogP contribution in [0.15, 0.2) is 29.2 Å². The van der Waals surface area contributed by atoms with Gasteiger partial charge in [0.1, 0.15) is 5.75 Å². The summed E-state index contributed by atoms with van der Waals surface area (Å²) in [6.45, 7) is 5.07. The molecule has 1 atom stereocenters. The third-order valence-corrected chi connectivity index (χ3v) is 4.66. The molecule has 0 radical (unpaired) electrons. The fraction of sp³-hybridized carbons (Fsp3) is 0.600.